The third-order valence-electron chi connectivity index (χ3n) is 3.30. The summed E-state index contributed by atoms with van der Waals surface area (Å²) in [5.41, 5.74) is 1.26. The number of allylic oxidation sites excluding steroid dienone is 1. The van der Waals surface area contributed by atoms with Gasteiger partial charge in [0, 0.05) is 5.56 Å². The first-order chi connectivity index (χ1) is 12.0. The van der Waals surface area contributed by atoms with Gasteiger partial charge in [0.25, 0.3) is 0 Å². The lowest BCUT2D eigenvalue weighted by Crippen LogP contribution is -2.13. The molecule has 0 saturated carbocycles. The molecule has 0 aliphatic carbocycles. The molecule has 0 aliphatic rings. The van der Waals surface area contributed by atoms with Crippen molar-refractivity contribution < 1.29 is 23.8 Å². The Balaban J connectivity index is 2.19. The smallest absolute Gasteiger partial charge is 0.343 e. The maximum atomic E-state index is 12.1. The van der Waals surface area contributed by atoms with Gasteiger partial charge in [0.15, 0.2) is 23.9 Å². The van der Waals surface area contributed by atoms with Crippen LogP contribution in [0.1, 0.15) is 15.9 Å². The molecule has 0 radical (unpaired) electrons. The highest BCUT2D eigenvalue weighted by molar-refractivity contribution is 6.32. The molecule has 0 atom stereocenters. The zero-order chi connectivity index (χ0) is 18.2. The van der Waals surface area contributed by atoms with Gasteiger partial charge in [-0.05, 0) is 23.8 Å². The predicted octanol–water partition coefficient (Wildman–Crippen LogP) is 3.80. The van der Waals surface area contributed by atoms with Crippen molar-refractivity contribution in [2.24, 2.45) is 0 Å². The van der Waals surface area contributed by atoms with E-state index in [1.54, 1.807) is 42.5 Å². The minimum Gasteiger partial charge on any atom is -0.493 e. The Labute approximate surface area is 150 Å². The Morgan fingerprint density at radius 1 is 1.12 bits per heavy atom. The molecule has 0 unspecified atom stereocenters. The van der Waals surface area contributed by atoms with Crippen LogP contribution in [0.25, 0.3) is 6.08 Å². The summed E-state index contributed by atoms with van der Waals surface area (Å²) in [7, 11) is 2.72. The van der Waals surface area contributed by atoms with E-state index in [0.717, 1.165) is 0 Å². The SMILES string of the molecule is COC(=O)COc1c(Cl)cc(/C=C/C(=O)c2ccccc2)cc1OC. The molecule has 25 heavy (non-hydrogen) atoms. The molecule has 0 aliphatic heterocycles. The monoisotopic (exact) mass is 360 g/mol. The summed E-state index contributed by atoms with van der Waals surface area (Å²) >= 11 is 6.20. The second kappa shape index (κ2) is 8.89. The first-order valence-corrected chi connectivity index (χ1v) is 7.77. The van der Waals surface area contributed by atoms with Gasteiger partial charge < -0.3 is 14.2 Å². The summed E-state index contributed by atoms with van der Waals surface area (Å²) in [4.78, 5) is 23.3. The van der Waals surface area contributed by atoms with E-state index in [4.69, 9.17) is 21.1 Å². The summed E-state index contributed by atoms with van der Waals surface area (Å²) in [6.45, 7) is -0.283. The number of ketones is 1. The summed E-state index contributed by atoms with van der Waals surface area (Å²) in [6, 6.07) is 12.2. The topological polar surface area (TPSA) is 61.8 Å². The molecule has 0 bridgehead atoms. The van der Waals surface area contributed by atoms with Crippen molar-refractivity contribution in [3.63, 3.8) is 0 Å². The molecule has 0 spiro atoms. The standard InChI is InChI=1S/C19H17ClO5/c1-23-17-11-13(8-9-16(21)14-6-4-3-5-7-14)10-15(20)19(17)25-12-18(22)24-2/h3-11H,12H2,1-2H3/b9-8+. The number of methoxy groups -OCH3 is 2. The number of halogens is 1. The van der Waals surface area contributed by atoms with Crippen LogP contribution >= 0.6 is 11.6 Å². The Bertz CT molecular complexity index is 784. The first kappa shape index (κ1) is 18.5. The van der Waals surface area contributed by atoms with Gasteiger partial charge in [-0.3, -0.25) is 4.79 Å². The van der Waals surface area contributed by atoms with Gasteiger partial charge in [0.1, 0.15) is 0 Å². The van der Waals surface area contributed by atoms with E-state index in [2.05, 4.69) is 4.74 Å². The summed E-state index contributed by atoms with van der Waals surface area (Å²) < 4.78 is 15.1. The van der Waals surface area contributed by atoms with E-state index in [1.165, 1.54) is 20.3 Å². The Hall–Kier alpha value is -2.79. The lowest BCUT2D eigenvalue weighted by atomic mass is 10.1. The number of rotatable bonds is 7. The highest BCUT2D eigenvalue weighted by atomic mass is 35.5. The number of hydrogen-bond donors (Lipinski definition) is 0. The normalized spacial score (nSPS) is 10.5. The number of carbonyl (C=O) groups is 2. The van der Waals surface area contributed by atoms with Crippen LogP contribution < -0.4 is 9.47 Å². The van der Waals surface area contributed by atoms with Gasteiger partial charge in [0.2, 0.25) is 0 Å². The van der Waals surface area contributed by atoms with E-state index in [9.17, 15) is 9.59 Å². The van der Waals surface area contributed by atoms with Crippen LogP contribution in [0.3, 0.4) is 0 Å². The van der Waals surface area contributed by atoms with Gasteiger partial charge in [-0.25, -0.2) is 4.79 Å². The van der Waals surface area contributed by atoms with Gasteiger partial charge in [0.05, 0.1) is 19.2 Å². The lowest BCUT2D eigenvalue weighted by molar-refractivity contribution is -0.142. The first-order valence-electron chi connectivity index (χ1n) is 7.39. The minimum absolute atomic E-state index is 0.123. The van der Waals surface area contributed by atoms with Gasteiger partial charge >= 0.3 is 5.97 Å². The quantitative estimate of drug-likeness (QED) is 0.427. The fourth-order valence-corrected chi connectivity index (χ4v) is 2.31. The molecule has 5 nitrogen and oxygen atoms in total. The van der Waals surface area contributed by atoms with Gasteiger partial charge in [-0.15, -0.1) is 0 Å². The Kier molecular flexibility index (Phi) is 6.60. The van der Waals surface area contributed by atoms with Crippen molar-refractivity contribution in [2.75, 3.05) is 20.8 Å². The van der Waals surface area contributed by atoms with E-state index in [0.29, 0.717) is 16.9 Å². The molecule has 0 saturated heterocycles. The maximum absolute atomic E-state index is 12.1. The third-order valence-corrected chi connectivity index (χ3v) is 3.58. The Morgan fingerprint density at radius 2 is 1.84 bits per heavy atom. The van der Waals surface area contributed by atoms with Crippen molar-refractivity contribution in [1.29, 1.82) is 0 Å². The van der Waals surface area contributed by atoms with Crippen molar-refractivity contribution in [2.45, 2.75) is 0 Å². The number of ether oxygens (including phenoxy) is 3. The van der Waals surface area contributed by atoms with Crippen LogP contribution in [0.5, 0.6) is 11.5 Å². The maximum Gasteiger partial charge on any atom is 0.343 e. The lowest BCUT2D eigenvalue weighted by Gasteiger charge is -2.12. The zero-order valence-corrected chi connectivity index (χ0v) is 14.6. The second-order valence-corrected chi connectivity index (χ2v) is 5.37. The molecule has 130 valence electrons. The zero-order valence-electron chi connectivity index (χ0n) is 13.8. The highest BCUT2D eigenvalue weighted by Gasteiger charge is 2.13. The van der Waals surface area contributed by atoms with Crippen LogP contribution in [-0.4, -0.2) is 32.6 Å². The van der Waals surface area contributed by atoms with Crippen LogP contribution in [0.15, 0.2) is 48.5 Å². The van der Waals surface area contributed by atoms with Crippen molar-refractivity contribution in [1.82, 2.24) is 0 Å². The van der Waals surface area contributed by atoms with Crippen LogP contribution in [0.2, 0.25) is 5.02 Å². The van der Waals surface area contributed by atoms with E-state index < -0.39 is 5.97 Å². The fourth-order valence-electron chi connectivity index (χ4n) is 2.04. The number of carbonyl (C=O) groups excluding carboxylic acids is 2. The summed E-state index contributed by atoms with van der Waals surface area (Å²) in [5.74, 6) is -0.0680. The average Bonchev–Trinajstić information content (AvgIpc) is 2.65. The van der Waals surface area contributed by atoms with Crippen LogP contribution in [0.4, 0.5) is 0 Å². The van der Waals surface area contributed by atoms with E-state index >= 15 is 0 Å². The molecular formula is C19H17ClO5. The number of esters is 1. The van der Waals surface area contributed by atoms with Gasteiger partial charge in [-0.1, -0.05) is 48.0 Å². The number of hydrogen-bond acceptors (Lipinski definition) is 5. The molecule has 0 heterocycles. The molecule has 0 aromatic heterocycles. The molecule has 6 heteroatoms. The summed E-state index contributed by atoms with van der Waals surface area (Å²) in [5, 5.41) is 0.259. The average molecular weight is 361 g/mol. The van der Waals surface area contributed by atoms with Crippen LogP contribution in [-0.2, 0) is 9.53 Å². The molecule has 0 amide bonds. The molecule has 2 aromatic carbocycles. The second-order valence-electron chi connectivity index (χ2n) is 4.96. The largest absolute Gasteiger partial charge is 0.493 e. The molecule has 0 N–H and O–H groups in total. The fraction of sp³-hybridized carbons (Fsp3) is 0.158. The van der Waals surface area contributed by atoms with Crippen molar-refractivity contribution in [3.05, 3.63) is 64.7 Å². The van der Waals surface area contributed by atoms with Crippen molar-refractivity contribution >= 4 is 29.4 Å². The summed E-state index contributed by atoms with van der Waals surface area (Å²) in [6.07, 6.45) is 3.09. The molecule has 2 aromatic rings. The van der Waals surface area contributed by atoms with Crippen molar-refractivity contribution in [3.8, 4) is 11.5 Å². The Morgan fingerprint density at radius 3 is 2.48 bits per heavy atom. The van der Waals surface area contributed by atoms with Gasteiger partial charge in [-0.2, -0.15) is 0 Å². The molecular weight excluding hydrogens is 344 g/mol. The predicted molar refractivity (Wildman–Crippen MR) is 95.3 cm³/mol. The minimum atomic E-state index is -0.532. The van der Waals surface area contributed by atoms with E-state index in [1.807, 2.05) is 6.07 Å². The molecule has 2 rings (SSSR count). The number of benzene rings is 2. The van der Waals surface area contributed by atoms with Crippen LogP contribution in [0, 0.1) is 0 Å². The van der Waals surface area contributed by atoms with E-state index in [-0.39, 0.29) is 23.2 Å². The molecule has 0 fully saturated rings. The highest BCUT2D eigenvalue weighted by Crippen LogP contribution is 2.36. The third kappa shape index (κ3) is 5.09.